The molecule has 0 spiro atoms. The van der Waals surface area contributed by atoms with Gasteiger partial charge in [0.2, 0.25) is 5.91 Å². The molecule has 1 saturated heterocycles. The van der Waals surface area contributed by atoms with Crippen LogP contribution >= 0.6 is 11.3 Å². The number of amides is 1. The number of para-hydroxylation sites is 1. The van der Waals surface area contributed by atoms with E-state index in [-0.39, 0.29) is 5.91 Å². The number of rotatable bonds is 6. The molecule has 8 heteroatoms. The van der Waals surface area contributed by atoms with Crippen LogP contribution in [0, 0.1) is 12.8 Å². The van der Waals surface area contributed by atoms with Gasteiger partial charge in [0.05, 0.1) is 23.2 Å². The van der Waals surface area contributed by atoms with Crippen LogP contribution in [-0.2, 0) is 17.6 Å². The lowest BCUT2D eigenvalue weighted by molar-refractivity contribution is -0.130. The highest BCUT2D eigenvalue weighted by atomic mass is 32.1. The SMILES string of the molecule is Cc1nn(-c2ccccc2)c2nc(CC(C)C)nc(N3CCN(C(=O)Cc4cccs4)CC3)c12. The molecule has 0 N–H and O–H groups in total. The van der Waals surface area contributed by atoms with E-state index in [1.807, 2.05) is 64.4 Å². The number of thiophene rings is 1. The molecule has 34 heavy (non-hydrogen) atoms. The Morgan fingerprint density at radius 2 is 1.79 bits per heavy atom. The van der Waals surface area contributed by atoms with Gasteiger partial charge in [-0.1, -0.05) is 38.1 Å². The van der Waals surface area contributed by atoms with Crippen LogP contribution < -0.4 is 4.90 Å². The fourth-order valence-electron chi connectivity index (χ4n) is 4.48. The Balaban J connectivity index is 1.45. The number of piperazine rings is 1. The fourth-order valence-corrected chi connectivity index (χ4v) is 5.18. The first kappa shape index (κ1) is 22.5. The van der Waals surface area contributed by atoms with Gasteiger partial charge >= 0.3 is 0 Å². The third-order valence-electron chi connectivity index (χ3n) is 6.16. The van der Waals surface area contributed by atoms with Gasteiger partial charge in [0.25, 0.3) is 0 Å². The number of benzene rings is 1. The summed E-state index contributed by atoms with van der Waals surface area (Å²) < 4.78 is 1.93. The predicted octanol–water partition coefficient (Wildman–Crippen LogP) is 4.28. The maximum atomic E-state index is 12.8. The second-order valence-corrected chi connectivity index (χ2v) is 10.2. The number of anilines is 1. The maximum absolute atomic E-state index is 12.8. The van der Waals surface area contributed by atoms with E-state index in [1.54, 1.807) is 11.3 Å². The highest BCUT2D eigenvalue weighted by Crippen LogP contribution is 2.30. The minimum atomic E-state index is 0.198. The Kier molecular flexibility index (Phi) is 6.32. The van der Waals surface area contributed by atoms with Gasteiger partial charge in [-0.2, -0.15) is 5.10 Å². The molecule has 1 fully saturated rings. The molecule has 1 aliphatic rings. The molecule has 1 amide bonds. The molecule has 3 aromatic heterocycles. The Labute approximate surface area is 204 Å². The van der Waals surface area contributed by atoms with Gasteiger partial charge < -0.3 is 9.80 Å². The molecule has 0 saturated carbocycles. The topological polar surface area (TPSA) is 67.2 Å². The van der Waals surface area contributed by atoms with E-state index >= 15 is 0 Å². The van der Waals surface area contributed by atoms with Crippen LogP contribution in [0.1, 0.15) is 30.2 Å². The highest BCUT2D eigenvalue weighted by molar-refractivity contribution is 7.10. The van der Waals surface area contributed by atoms with Crippen LogP contribution in [0.5, 0.6) is 0 Å². The second-order valence-electron chi connectivity index (χ2n) is 9.22. The van der Waals surface area contributed by atoms with Crippen LogP contribution in [0.2, 0.25) is 0 Å². The van der Waals surface area contributed by atoms with E-state index < -0.39 is 0 Å². The van der Waals surface area contributed by atoms with Gasteiger partial charge in [-0.3, -0.25) is 4.79 Å². The van der Waals surface area contributed by atoms with Crippen molar-refractivity contribution in [3.05, 3.63) is 64.2 Å². The molecule has 5 rings (SSSR count). The second kappa shape index (κ2) is 9.54. The smallest absolute Gasteiger partial charge is 0.227 e. The first-order valence-electron chi connectivity index (χ1n) is 11.9. The van der Waals surface area contributed by atoms with Gasteiger partial charge in [-0.05, 0) is 36.4 Å². The number of hydrogen-bond donors (Lipinski definition) is 0. The summed E-state index contributed by atoms with van der Waals surface area (Å²) in [6, 6.07) is 14.2. The zero-order chi connectivity index (χ0) is 23.7. The summed E-state index contributed by atoms with van der Waals surface area (Å²) in [5.74, 6) is 2.42. The Morgan fingerprint density at radius 1 is 1.03 bits per heavy atom. The van der Waals surface area contributed by atoms with Crippen molar-refractivity contribution in [2.24, 2.45) is 5.92 Å². The average molecular weight is 475 g/mol. The quantitative estimate of drug-likeness (QED) is 0.417. The highest BCUT2D eigenvalue weighted by Gasteiger charge is 2.26. The molecule has 7 nitrogen and oxygen atoms in total. The van der Waals surface area contributed by atoms with Gasteiger partial charge in [0.15, 0.2) is 5.65 Å². The Hall–Kier alpha value is -3.26. The summed E-state index contributed by atoms with van der Waals surface area (Å²) in [6.07, 6.45) is 1.29. The van der Waals surface area contributed by atoms with Crippen LogP contribution in [-0.4, -0.2) is 56.7 Å². The van der Waals surface area contributed by atoms with E-state index in [9.17, 15) is 4.79 Å². The molecule has 0 bridgehead atoms. The molecule has 0 unspecified atom stereocenters. The lowest BCUT2D eigenvalue weighted by Crippen LogP contribution is -2.49. The van der Waals surface area contributed by atoms with Crippen LogP contribution in [0.15, 0.2) is 47.8 Å². The van der Waals surface area contributed by atoms with Crippen molar-refractivity contribution in [2.75, 3.05) is 31.1 Å². The van der Waals surface area contributed by atoms with E-state index in [0.717, 1.165) is 58.4 Å². The third kappa shape index (κ3) is 4.55. The number of nitrogens with zero attached hydrogens (tertiary/aromatic N) is 6. The Morgan fingerprint density at radius 3 is 2.47 bits per heavy atom. The maximum Gasteiger partial charge on any atom is 0.227 e. The summed E-state index contributed by atoms with van der Waals surface area (Å²) in [7, 11) is 0. The van der Waals surface area contributed by atoms with Gasteiger partial charge in [0.1, 0.15) is 11.6 Å². The Bertz CT molecular complexity index is 1270. The van der Waals surface area contributed by atoms with Crippen molar-refractivity contribution in [1.29, 1.82) is 0 Å². The summed E-state index contributed by atoms with van der Waals surface area (Å²) >= 11 is 1.64. The number of aryl methyl sites for hydroxylation is 1. The monoisotopic (exact) mass is 474 g/mol. The molecule has 0 aliphatic carbocycles. The summed E-state index contributed by atoms with van der Waals surface area (Å²) in [4.78, 5) is 28.2. The zero-order valence-electron chi connectivity index (χ0n) is 19.9. The molecule has 176 valence electrons. The summed E-state index contributed by atoms with van der Waals surface area (Å²) in [6.45, 7) is 9.29. The number of carbonyl (C=O) groups is 1. The molecule has 4 aromatic rings. The van der Waals surface area contributed by atoms with Gasteiger partial charge in [-0.25, -0.2) is 14.6 Å². The van der Waals surface area contributed by atoms with Crippen molar-refractivity contribution in [3.63, 3.8) is 0 Å². The molecule has 0 atom stereocenters. The van der Waals surface area contributed by atoms with E-state index in [2.05, 4.69) is 18.7 Å². The summed E-state index contributed by atoms with van der Waals surface area (Å²) in [5, 5.41) is 7.86. The van der Waals surface area contributed by atoms with Gasteiger partial charge in [-0.15, -0.1) is 11.3 Å². The fraction of sp³-hybridized carbons (Fsp3) is 0.385. The zero-order valence-corrected chi connectivity index (χ0v) is 20.8. The average Bonchev–Trinajstić information content (AvgIpc) is 3.46. The van der Waals surface area contributed by atoms with Crippen LogP contribution in [0.25, 0.3) is 16.7 Å². The lowest BCUT2D eigenvalue weighted by Gasteiger charge is -2.35. The van der Waals surface area contributed by atoms with E-state index in [0.29, 0.717) is 25.4 Å². The first-order valence-corrected chi connectivity index (χ1v) is 12.7. The number of carbonyl (C=O) groups excluding carboxylic acids is 1. The van der Waals surface area contributed by atoms with Crippen molar-refractivity contribution < 1.29 is 4.79 Å². The van der Waals surface area contributed by atoms with E-state index in [1.165, 1.54) is 0 Å². The van der Waals surface area contributed by atoms with Crippen LogP contribution in [0.4, 0.5) is 5.82 Å². The number of fused-ring (bicyclic) bond motifs is 1. The molecular formula is C26H30N6OS. The van der Waals surface area contributed by atoms with Crippen LogP contribution in [0.3, 0.4) is 0 Å². The standard InChI is InChI=1S/C26H30N6OS/c1-18(2)16-22-27-25(24-19(3)29-32(26(24)28-22)20-8-5-4-6-9-20)31-13-11-30(12-14-31)23(33)17-21-10-7-15-34-21/h4-10,15,18H,11-14,16-17H2,1-3H3. The minimum absolute atomic E-state index is 0.198. The molecular weight excluding hydrogens is 444 g/mol. The first-order chi connectivity index (χ1) is 16.5. The third-order valence-corrected chi connectivity index (χ3v) is 7.03. The molecule has 1 aromatic carbocycles. The van der Waals surface area contributed by atoms with Crippen molar-refractivity contribution in [1.82, 2.24) is 24.6 Å². The van der Waals surface area contributed by atoms with Crippen molar-refractivity contribution in [2.45, 2.75) is 33.6 Å². The van der Waals surface area contributed by atoms with E-state index in [4.69, 9.17) is 15.1 Å². The van der Waals surface area contributed by atoms with Crippen molar-refractivity contribution >= 4 is 34.1 Å². The number of hydrogen-bond acceptors (Lipinski definition) is 6. The minimum Gasteiger partial charge on any atom is -0.352 e. The van der Waals surface area contributed by atoms with Gasteiger partial charge in [0, 0.05) is 37.5 Å². The largest absolute Gasteiger partial charge is 0.352 e. The molecule has 1 aliphatic heterocycles. The number of aromatic nitrogens is 4. The predicted molar refractivity (Wildman–Crippen MR) is 137 cm³/mol. The normalized spacial score (nSPS) is 14.4. The molecule has 4 heterocycles. The molecule has 0 radical (unpaired) electrons. The lowest BCUT2D eigenvalue weighted by atomic mass is 10.1. The summed E-state index contributed by atoms with van der Waals surface area (Å²) in [5.41, 5.74) is 2.76. The van der Waals surface area contributed by atoms with Crippen molar-refractivity contribution in [3.8, 4) is 5.69 Å².